The number of allylic oxidation sites excluding steroid dienone is 1. The van der Waals surface area contributed by atoms with Crippen molar-refractivity contribution in [1.29, 1.82) is 5.26 Å². The first-order valence-corrected chi connectivity index (χ1v) is 8.49. The van der Waals surface area contributed by atoms with Gasteiger partial charge in [-0.3, -0.25) is 0 Å². The van der Waals surface area contributed by atoms with Crippen LogP contribution in [-0.4, -0.2) is 9.78 Å². The van der Waals surface area contributed by atoms with Crippen molar-refractivity contribution in [3.63, 3.8) is 0 Å². The fourth-order valence-electron chi connectivity index (χ4n) is 1.87. The van der Waals surface area contributed by atoms with E-state index in [1.807, 2.05) is 6.07 Å². The normalized spacial score (nSPS) is 12.8. The summed E-state index contributed by atoms with van der Waals surface area (Å²) in [7, 11) is 0. The van der Waals surface area contributed by atoms with Crippen molar-refractivity contribution < 1.29 is 13.2 Å². The van der Waals surface area contributed by atoms with Crippen LogP contribution in [0.4, 0.5) is 13.2 Å². The smallest absolute Gasteiger partial charge is 0.236 e. The van der Waals surface area contributed by atoms with Crippen molar-refractivity contribution in [3.05, 3.63) is 49.7 Å². The van der Waals surface area contributed by atoms with E-state index in [0.717, 1.165) is 12.1 Å². The third-order valence-corrected chi connectivity index (χ3v) is 5.46. The van der Waals surface area contributed by atoms with E-state index in [0.29, 0.717) is 14.5 Å². The summed E-state index contributed by atoms with van der Waals surface area (Å²) in [4.78, 5) is 0. The van der Waals surface area contributed by atoms with Crippen LogP contribution in [0.15, 0.2) is 22.8 Å². The van der Waals surface area contributed by atoms with E-state index < -0.39 is 11.7 Å². The van der Waals surface area contributed by atoms with Crippen LogP contribution in [0.25, 0.3) is 10.2 Å². The summed E-state index contributed by atoms with van der Waals surface area (Å²) in [6.07, 6.45) is -3.12. The van der Waals surface area contributed by atoms with Gasteiger partial charge in [-0.2, -0.15) is 23.5 Å². The number of rotatable bonds is 2. The zero-order valence-electron chi connectivity index (χ0n) is 11.7. The van der Waals surface area contributed by atoms with Crippen LogP contribution in [0.3, 0.4) is 0 Å². The van der Waals surface area contributed by atoms with Gasteiger partial charge < -0.3 is 0 Å². The molecule has 0 radical (unpaired) electrons. The molecular weight excluding hydrogens is 498 g/mol. The Morgan fingerprint density at radius 1 is 1.25 bits per heavy atom. The van der Waals surface area contributed by atoms with Crippen molar-refractivity contribution in [3.8, 4) is 11.8 Å². The summed E-state index contributed by atoms with van der Waals surface area (Å²) in [6.45, 7) is 1.75. The monoisotopic (exact) mass is 501 g/mol. The van der Waals surface area contributed by atoms with Crippen molar-refractivity contribution in [1.82, 2.24) is 9.78 Å². The molecule has 0 atom stereocenters. The lowest BCUT2D eigenvalue weighted by molar-refractivity contribution is -0.137. The highest BCUT2D eigenvalue weighted by Crippen LogP contribution is 2.38. The number of alkyl halides is 3. The number of nitriles is 1. The van der Waals surface area contributed by atoms with Crippen LogP contribution in [0.2, 0.25) is 10.0 Å². The summed E-state index contributed by atoms with van der Waals surface area (Å²) in [5.74, 6) is 0. The van der Waals surface area contributed by atoms with Gasteiger partial charge >= 0.3 is 6.18 Å². The molecule has 0 saturated carbocycles. The molecule has 1 heterocycles. The molecule has 2 rings (SSSR count). The van der Waals surface area contributed by atoms with E-state index in [4.69, 9.17) is 23.2 Å². The fourth-order valence-corrected chi connectivity index (χ4v) is 3.03. The predicted octanol–water partition coefficient (Wildman–Crippen LogP) is 6.55. The lowest BCUT2D eigenvalue weighted by Crippen LogP contribution is -2.07. The highest BCUT2D eigenvalue weighted by atomic mass is 79.9. The van der Waals surface area contributed by atoms with E-state index in [1.165, 1.54) is 10.9 Å². The largest absolute Gasteiger partial charge is 0.416 e. The number of hydrogen-bond acceptors (Lipinski definition) is 2. The van der Waals surface area contributed by atoms with Crippen LogP contribution in [0.1, 0.15) is 23.7 Å². The number of benzene rings is 1. The Morgan fingerprint density at radius 3 is 2.21 bits per heavy atom. The molecule has 126 valence electrons. The minimum Gasteiger partial charge on any atom is -0.236 e. The number of nitrogens with zero attached hydrogens (tertiary/aromatic N) is 3. The number of hydrogen-bond donors (Lipinski definition) is 0. The lowest BCUT2D eigenvalue weighted by atomic mass is 10.2. The van der Waals surface area contributed by atoms with Gasteiger partial charge in [0.05, 0.1) is 15.6 Å². The van der Waals surface area contributed by atoms with Crippen molar-refractivity contribution in [2.75, 3.05) is 0 Å². The summed E-state index contributed by atoms with van der Waals surface area (Å²) < 4.78 is 40.9. The van der Waals surface area contributed by atoms with E-state index >= 15 is 0 Å². The fraction of sp³-hybridized carbons (Fsp3) is 0.143. The maximum absolute atomic E-state index is 12.8. The number of halogens is 7. The first kappa shape index (κ1) is 19.3. The Kier molecular flexibility index (Phi) is 5.70. The van der Waals surface area contributed by atoms with E-state index in [1.54, 1.807) is 6.92 Å². The van der Waals surface area contributed by atoms with Crippen LogP contribution in [0.5, 0.6) is 0 Å². The van der Waals surface area contributed by atoms with Gasteiger partial charge in [-0.05, 0) is 35.0 Å². The molecule has 0 N–H and O–H groups in total. The van der Waals surface area contributed by atoms with Crippen LogP contribution >= 0.6 is 55.1 Å². The molecule has 1 aromatic carbocycles. The predicted molar refractivity (Wildman–Crippen MR) is 93.7 cm³/mol. The second kappa shape index (κ2) is 7.08. The third kappa shape index (κ3) is 3.80. The molecule has 1 aromatic heterocycles. The zero-order valence-corrected chi connectivity index (χ0v) is 16.4. The molecule has 24 heavy (non-hydrogen) atoms. The van der Waals surface area contributed by atoms with Crippen LogP contribution < -0.4 is 0 Å². The molecule has 0 aliphatic carbocycles. The van der Waals surface area contributed by atoms with Crippen LogP contribution in [0, 0.1) is 11.3 Å². The van der Waals surface area contributed by atoms with Gasteiger partial charge in [0.15, 0.2) is 5.69 Å². The van der Waals surface area contributed by atoms with Gasteiger partial charge in [-0.25, -0.2) is 4.68 Å². The van der Waals surface area contributed by atoms with E-state index in [-0.39, 0.29) is 21.4 Å². The average Bonchev–Trinajstić information content (AvgIpc) is 2.88. The zero-order chi connectivity index (χ0) is 18.2. The molecule has 0 fully saturated rings. The second-order valence-electron chi connectivity index (χ2n) is 4.58. The van der Waals surface area contributed by atoms with Gasteiger partial charge in [-0.15, -0.1) is 0 Å². The maximum atomic E-state index is 12.8. The minimum absolute atomic E-state index is 0.0570. The third-order valence-electron chi connectivity index (χ3n) is 2.93. The Bertz CT molecular complexity index is 855. The van der Waals surface area contributed by atoms with Crippen molar-refractivity contribution >= 4 is 59.5 Å². The Morgan fingerprint density at radius 2 is 1.79 bits per heavy atom. The highest BCUT2D eigenvalue weighted by Gasteiger charge is 2.32. The standard InChI is InChI=1S/C14H6Br2Cl2F3N3/c1-6(15)12(16)8-5-24(23-11(8)4-22)13-9(17)2-7(3-10(13)18)14(19,20)21/h2-3,5H,1H3/b12-6+. The van der Waals surface area contributed by atoms with Gasteiger partial charge in [0.2, 0.25) is 0 Å². The van der Waals surface area contributed by atoms with Gasteiger partial charge in [0.25, 0.3) is 0 Å². The topological polar surface area (TPSA) is 41.6 Å². The Labute approximate surface area is 161 Å². The van der Waals surface area contributed by atoms with Gasteiger partial charge in [-0.1, -0.05) is 39.1 Å². The highest BCUT2D eigenvalue weighted by molar-refractivity contribution is 9.16. The number of aromatic nitrogens is 2. The SMILES string of the molecule is C/C(Br)=C(\Br)c1cn(-c2c(Cl)cc(C(F)(F)F)cc2Cl)nc1C#N. The first-order chi connectivity index (χ1) is 11.1. The van der Waals surface area contributed by atoms with Gasteiger partial charge in [0, 0.05) is 20.7 Å². The summed E-state index contributed by atoms with van der Waals surface area (Å²) in [6, 6.07) is 3.43. The minimum atomic E-state index is -4.57. The Hall–Kier alpha value is -1.01. The van der Waals surface area contributed by atoms with E-state index in [2.05, 4.69) is 37.0 Å². The maximum Gasteiger partial charge on any atom is 0.416 e. The molecule has 0 saturated heterocycles. The Balaban J connectivity index is 2.67. The quantitative estimate of drug-likeness (QED) is 0.466. The van der Waals surface area contributed by atoms with Crippen molar-refractivity contribution in [2.45, 2.75) is 13.1 Å². The molecule has 2 aromatic rings. The summed E-state index contributed by atoms with van der Waals surface area (Å²) in [5, 5.41) is 12.8. The first-order valence-electron chi connectivity index (χ1n) is 6.15. The molecule has 0 amide bonds. The summed E-state index contributed by atoms with van der Waals surface area (Å²) >= 11 is 18.5. The van der Waals surface area contributed by atoms with E-state index in [9.17, 15) is 18.4 Å². The molecule has 0 aliphatic heterocycles. The molecule has 3 nitrogen and oxygen atoms in total. The van der Waals surface area contributed by atoms with Gasteiger partial charge in [0.1, 0.15) is 11.8 Å². The molecule has 0 aliphatic rings. The summed E-state index contributed by atoms with van der Waals surface area (Å²) in [5.41, 5.74) is -0.403. The van der Waals surface area contributed by atoms with Crippen LogP contribution in [-0.2, 0) is 6.18 Å². The lowest BCUT2D eigenvalue weighted by Gasteiger charge is -2.12. The second-order valence-corrected chi connectivity index (χ2v) is 7.38. The molecule has 10 heteroatoms. The average molecular weight is 504 g/mol. The molecule has 0 bridgehead atoms. The molecule has 0 spiro atoms. The molecule has 0 unspecified atom stereocenters. The van der Waals surface area contributed by atoms with Crippen molar-refractivity contribution in [2.24, 2.45) is 0 Å². The molecular formula is C14H6Br2Cl2F3N3.